The van der Waals surface area contributed by atoms with Crippen LogP contribution < -0.4 is 20.7 Å². The predicted octanol–water partition coefficient (Wildman–Crippen LogP) is 1.78. The molecule has 0 atom stereocenters. The van der Waals surface area contributed by atoms with Crippen LogP contribution in [0.5, 0.6) is 5.75 Å². The summed E-state index contributed by atoms with van der Waals surface area (Å²) in [6, 6.07) is 3.41. The highest BCUT2D eigenvalue weighted by Crippen LogP contribution is 2.30. The minimum absolute atomic E-state index is 0.126. The van der Waals surface area contributed by atoms with Gasteiger partial charge in [0.2, 0.25) is 5.91 Å². The number of hydrogen-bond acceptors (Lipinski definition) is 5. The van der Waals surface area contributed by atoms with Gasteiger partial charge in [-0.05, 0) is 18.6 Å². The minimum Gasteiger partial charge on any atom is -0.495 e. The van der Waals surface area contributed by atoms with Gasteiger partial charge >= 0.3 is 0 Å². The Labute approximate surface area is 162 Å². The Kier molecular flexibility index (Phi) is 5.98. The van der Waals surface area contributed by atoms with E-state index in [9.17, 15) is 9.59 Å². The minimum atomic E-state index is -0.288. The van der Waals surface area contributed by atoms with Gasteiger partial charge in [0.25, 0.3) is 5.91 Å². The van der Waals surface area contributed by atoms with Gasteiger partial charge < -0.3 is 20.7 Å². The number of nitrogens with zero attached hydrogens (tertiary/aromatic N) is 1. The van der Waals surface area contributed by atoms with Crippen LogP contribution in [0.25, 0.3) is 0 Å². The van der Waals surface area contributed by atoms with Crippen LogP contribution in [0.4, 0.5) is 5.69 Å². The zero-order valence-corrected chi connectivity index (χ0v) is 16.0. The average Bonchev–Trinajstić information content (AvgIpc) is 3.08. The summed E-state index contributed by atoms with van der Waals surface area (Å²) in [5.41, 5.74) is 3.64. The number of methoxy groups -OCH3 is 1. The van der Waals surface area contributed by atoms with E-state index in [-0.39, 0.29) is 24.8 Å². The number of carbonyl (C=O) groups excluding carboxylic acids is 2. The highest BCUT2D eigenvalue weighted by Gasteiger charge is 2.21. The number of halogens is 1. The number of ether oxygens (including phenoxy) is 1. The second kappa shape index (κ2) is 8.41. The topological polar surface area (TPSA) is 108 Å². The highest BCUT2D eigenvalue weighted by molar-refractivity contribution is 6.31. The maximum atomic E-state index is 12.3. The number of rotatable bonds is 6. The number of aromatic nitrogens is 2. The normalized spacial score (nSPS) is 13.0. The van der Waals surface area contributed by atoms with Crippen LogP contribution in [0.15, 0.2) is 12.1 Å². The van der Waals surface area contributed by atoms with E-state index in [0.29, 0.717) is 28.7 Å². The number of nitrogens with one attached hydrogen (secondary N) is 4. The number of aromatic amines is 1. The summed E-state index contributed by atoms with van der Waals surface area (Å²) in [5, 5.41) is 16.3. The van der Waals surface area contributed by atoms with Crippen LogP contribution in [-0.2, 0) is 17.8 Å². The first-order chi connectivity index (χ1) is 13.0. The summed E-state index contributed by atoms with van der Waals surface area (Å²) in [6.45, 7) is 3.53. The Bertz CT molecular complexity index is 865. The molecule has 3 rings (SSSR count). The lowest BCUT2D eigenvalue weighted by molar-refractivity contribution is -0.116. The molecule has 0 unspecified atom stereocenters. The van der Waals surface area contributed by atoms with Crippen molar-refractivity contribution in [3.05, 3.63) is 39.7 Å². The molecule has 1 aliphatic heterocycles. The number of hydrogen-bond donors (Lipinski definition) is 4. The van der Waals surface area contributed by atoms with Gasteiger partial charge in [0, 0.05) is 54.8 Å². The molecule has 27 heavy (non-hydrogen) atoms. The molecule has 9 heteroatoms. The largest absolute Gasteiger partial charge is 0.495 e. The molecule has 0 saturated carbocycles. The first kappa shape index (κ1) is 19.2. The highest BCUT2D eigenvalue weighted by atomic mass is 35.5. The molecule has 1 aromatic heterocycles. The third-order valence-electron chi connectivity index (χ3n) is 4.41. The monoisotopic (exact) mass is 391 g/mol. The van der Waals surface area contributed by atoms with E-state index >= 15 is 0 Å². The maximum absolute atomic E-state index is 12.3. The van der Waals surface area contributed by atoms with Crippen LogP contribution in [0.3, 0.4) is 0 Å². The summed E-state index contributed by atoms with van der Waals surface area (Å²) in [4.78, 5) is 24.5. The van der Waals surface area contributed by atoms with Crippen LogP contribution in [0, 0.1) is 6.92 Å². The third-order valence-corrected chi connectivity index (χ3v) is 4.82. The number of fused-ring (bicyclic) bond motifs is 1. The van der Waals surface area contributed by atoms with Gasteiger partial charge in [0.15, 0.2) is 5.69 Å². The molecule has 0 bridgehead atoms. The smallest absolute Gasteiger partial charge is 0.272 e. The van der Waals surface area contributed by atoms with E-state index in [1.807, 2.05) is 6.92 Å². The van der Waals surface area contributed by atoms with Crippen molar-refractivity contribution < 1.29 is 14.3 Å². The van der Waals surface area contributed by atoms with Gasteiger partial charge in [-0.2, -0.15) is 5.10 Å². The molecule has 2 amide bonds. The number of amides is 2. The van der Waals surface area contributed by atoms with E-state index in [0.717, 1.165) is 29.8 Å². The third kappa shape index (κ3) is 4.40. The molecule has 2 aromatic rings. The van der Waals surface area contributed by atoms with Crippen LogP contribution in [0.1, 0.15) is 33.7 Å². The van der Waals surface area contributed by atoms with Crippen LogP contribution in [-0.4, -0.2) is 42.2 Å². The molecular formula is C18H22ClN5O3. The van der Waals surface area contributed by atoms with E-state index in [4.69, 9.17) is 16.3 Å². The Morgan fingerprint density at radius 1 is 1.37 bits per heavy atom. The first-order valence-corrected chi connectivity index (χ1v) is 9.06. The predicted molar refractivity (Wildman–Crippen MR) is 102 cm³/mol. The second-order valence-corrected chi connectivity index (χ2v) is 6.72. The van der Waals surface area contributed by atoms with Crippen LogP contribution >= 0.6 is 11.6 Å². The van der Waals surface area contributed by atoms with E-state index in [1.54, 1.807) is 12.1 Å². The lowest BCUT2D eigenvalue weighted by Crippen LogP contribution is -2.30. The van der Waals surface area contributed by atoms with Crippen molar-refractivity contribution in [2.75, 3.05) is 25.5 Å². The summed E-state index contributed by atoms with van der Waals surface area (Å²) in [6.07, 6.45) is 0.946. The maximum Gasteiger partial charge on any atom is 0.272 e. The van der Waals surface area contributed by atoms with Gasteiger partial charge in [-0.25, -0.2) is 0 Å². The van der Waals surface area contributed by atoms with Crippen molar-refractivity contribution in [1.29, 1.82) is 0 Å². The van der Waals surface area contributed by atoms with Gasteiger partial charge in [0.05, 0.1) is 12.8 Å². The molecule has 2 heterocycles. The molecule has 0 fully saturated rings. The van der Waals surface area contributed by atoms with E-state index < -0.39 is 0 Å². The molecule has 0 saturated heterocycles. The molecule has 0 aliphatic carbocycles. The number of benzene rings is 1. The molecule has 4 N–H and O–H groups in total. The molecule has 0 radical (unpaired) electrons. The van der Waals surface area contributed by atoms with Gasteiger partial charge in [-0.3, -0.25) is 14.7 Å². The number of anilines is 1. The number of H-pyrrole nitrogens is 1. The Morgan fingerprint density at radius 2 is 2.19 bits per heavy atom. The molecular weight excluding hydrogens is 370 g/mol. The van der Waals surface area contributed by atoms with Gasteiger partial charge in [0.1, 0.15) is 5.75 Å². The second-order valence-electron chi connectivity index (χ2n) is 6.31. The summed E-state index contributed by atoms with van der Waals surface area (Å²) >= 11 is 6.07. The van der Waals surface area contributed by atoms with Crippen molar-refractivity contribution in [2.24, 2.45) is 0 Å². The van der Waals surface area contributed by atoms with Gasteiger partial charge in [-0.1, -0.05) is 11.6 Å². The summed E-state index contributed by atoms with van der Waals surface area (Å²) in [5.74, 6) is -0.0383. The van der Waals surface area contributed by atoms with Crippen molar-refractivity contribution in [3.8, 4) is 5.75 Å². The zero-order chi connectivity index (χ0) is 19.4. The zero-order valence-electron chi connectivity index (χ0n) is 15.2. The van der Waals surface area contributed by atoms with E-state index in [1.165, 1.54) is 7.11 Å². The Hall–Kier alpha value is -2.58. The van der Waals surface area contributed by atoms with E-state index in [2.05, 4.69) is 26.1 Å². The standard InChI is InChI=1S/C18H22ClN5O3/c1-10-7-14(15(27-2)8-12(10)19)22-16(25)4-6-21-18(26)17-11-9-20-5-3-13(11)23-24-17/h7-8,20H,3-6,9H2,1-2H3,(H,21,26)(H,22,25)(H,23,24). The molecule has 8 nitrogen and oxygen atoms in total. The average molecular weight is 392 g/mol. The lowest BCUT2D eigenvalue weighted by Gasteiger charge is -2.13. The summed E-state index contributed by atoms with van der Waals surface area (Å²) < 4.78 is 5.24. The van der Waals surface area contributed by atoms with Crippen molar-refractivity contribution in [1.82, 2.24) is 20.8 Å². The fourth-order valence-electron chi connectivity index (χ4n) is 2.93. The molecule has 1 aliphatic rings. The lowest BCUT2D eigenvalue weighted by atomic mass is 10.1. The summed E-state index contributed by atoms with van der Waals surface area (Å²) in [7, 11) is 1.51. The van der Waals surface area contributed by atoms with Gasteiger partial charge in [-0.15, -0.1) is 0 Å². The fourth-order valence-corrected chi connectivity index (χ4v) is 3.08. The van der Waals surface area contributed by atoms with Crippen molar-refractivity contribution in [2.45, 2.75) is 26.3 Å². The van der Waals surface area contributed by atoms with Crippen LogP contribution in [0.2, 0.25) is 5.02 Å². The molecule has 144 valence electrons. The van der Waals surface area contributed by atoms with Crippen molar-refractivity contribution in [3.63, 3.8) is 0 Å². The number of carbonyl (C=O) groups is 2. The molecule has 0 spiro atoms. The molecule has 1 aromatic carbocycles. The number of aryl methyl sites for hydroxylation is 1. The Morgan fingerprint density at radius 3 is 2.96 bits per heavy atom. The Balaban J connectivity index is 1.53. The first-order valence-electron chi connectivity index (χ1n) is 8.68. The van der Waals surface area contributed by atoms with Crippen molar-refractivity contribution >= 4 is 29.1 Å². The fraction of sp³-hybridized carbons (Fsp3) is 0.389. The SMILES string of the molecule is COc1cc(Cl)c(C)cc1NC(=O)CCNC(=O)c1n[nH]c2c1CNCC2. The quantitative estimate of drug-likeness (QED) is 0.600.